The van der Waals surface area contributed by atoms with E-state index in [0.29, 0.717) is 11.3 Å². The highest BCUT2D eigenvalue weighted by Gasteiger charge is 2.12. The molecule has 0 radical (unpaired) electrons. The Balaban J connectivity index is 2.81. The predicted molar refractivity (Wildman–Crippen MR) is 60.8 cm³/mol. The molecule has 1 rings (SSSR count). The number of benzene rings is 1. The zero-order valence-electron chi connectivity index (χ0n) is 9.77. The van der Waals surface area contributed by atoms with Crippen molar-refractivity contribution in [2.75, 3.05) is 0 Å². The van der Waals surface area contributed by atoms with Gasteiger partial charge in [-0.2, -0.15) is 0 Å². The molecular formula is C12H18FNO2. The van der Waals surface area contributed by atoms with E-state index in [1.807, 2.05) is 0 Å². The van der Waals surface area contributed by atoms with Gasteiger partial charge >= 0.3 is 0 Å². The van der Waals surface area contributed by atoms with E-state index in [9.17, 15) is 9.50 Å². The highest BCUT2D eigenvalue weighted by atomic mass is 19.1. The lowest BCUT2D eigenvalue weighted by Gasteiger charge is -2.18. The lowest BCUT2D eigenvalue weighted by Crippen LogP contribution is -2.25. The first-order valence-electron chi connectivity index (χ1n) is 5.31. The molecular weight excluding hydrogens is 209 g/mol. The molecule has 0 aliphatic heterocycles. The van der Waals surface area contributed by atoms with Crippen molar-refractivity contribution in [2.45, 2.75) is 39.0 Å². The van der Waals surface area contributed by atoms with Crippen molar-refractivity contribution < 1.29 is 14.2 Å². The van der Waals surface area contributed by atoms with Crippen LogP contribution in [-0.4, -0.2) is 17.3 Å². The smallest absolute Gasteiger partial charge is 0.131 e. The Morgan fingerprint density at radius 2 is 1.94 bits per heavy atom. The van der Waals surface area contributed by atoms with Crippen molar-refractivity contribution in [3.05, 3.63) is 29.6 Å². The van der Waals surface area contributed by atoms with Crippen LogP contribution in [0.25, 0.3) is 0 Å². The van der Waals surface area contributed by atoms with Crippen molar-refractivity contribution in [1.29, 1.82) is 0 Å². The highest BCUT2D eigenvalue weighted by molar-refractivity contribution is 5.30. The van der Waals surface area contributed by atoms with Gasteiger partial charge in [0.1, 0.15) is 17.7 Å². The van der Waals surface area contributed by atoms with Crippen LogP contribution in [0.3, 0.4) is 0 Å². The first-order chi connectivity index (χ1) is 7.41. The summed E-state index contributed by atoms with van der Waals surface area (Å²) < 4.78 is 18.9. The van der Waals surface area contributed by atoms with Crippen LogP contribution in [0.1, 0.15) is 32.4 Å². The lowest BCUT2D eigenvalue weighted by atomic mass is 10.1. The molecule has 0 aromatic heterocycles. The summed E-state index contributed by atoms with van der Waals surface area (Å²) in [7, 11) is 0. The summed E-state index contributed by atoms with van der Waals surface area (Å²) in [6, 6.07) is 4.20. The number of aliphatic hydroxyl groups is 1. The monoisotopic (exact) mass is 227 g/mol. The number of aliphatic hydroxyl groups excluding tert-OH is 1. The Bertz CT molecular complexity index is 353. The zero-order valence-corrected chi connectivity index (χ0v) is 9.77. The van der Waals surface area contributed by atoms with Crippen LogP contribution in [0.5, 0.6) is 5.75 Å². The second-order valence-corrected chi connectivity index (χ2v) is 4.04. The average molecular weight is 227 g/mol. The van der Waals surface area contributed by atoms with Gasteiger partial charge in [0, 0.05) is 17.7 Å². The summed E-state index contributed by atoms with van der Waals surface area (Å²) in [5, 5.41) is 9.26. The molecule has 0 aliphatic carbocycles. The van der Waals surface area contributed by atoms with E-state index in [1.54, 1.807) is 32.9 Å². The first kappa shape index (κ1) is 12.9. The minimum absolute atomic E-state index is 0.344. The number of hydrogen-bond acceptors (Lipinski definition) is 3. The Hall–Kier alpha value is -1.13. The summed E-state index contributed by atoms with van der Waals surface area (Å²) in [5.74, 6) is 0.0144. The largest absolute Gasteiger partial charge is 0.488 e. The van der Waals surface area contributed by atoms with Gasteiger partial charge in [-0.15, -0.1) is 0 Å². The molecule has 0 saturated carbocycles. The fraction of sp³-hybridized carbons (Fsp3) is 0.500. The fourth-order valence-corrected chi connectivity index (χ4v) is 1.26. The quantitative estimate of drug-likeness (QED) is 0.827. The Labute approximate surface area is 95.0 Å². The molecule has 0 saturated heterocycles. The maximum atomic E-state index is 13.5. The van der Waals surface area contributed by atoms with E-state index in [1.165, 1.54) is 6.07 Å². The molecule has 3 atom stereocenters. The Kier molecular flexibility index (Phi) is 4.26. The minimum Gasteiger partial charge on any atom is -0.488 e. The van der Waals surface area contributed by atoms with Gasteiger partial charge in [-0.25, -0.2) is 4.39 Å². The Morgan fingerprint density at radius 3 is 2.38 bits per heavy atom. The van der Waals surface area contributed by atoms with Crippen LogP contribution in [-0.2, 0) is 0 Å². The van der Waals surface area contributed by atoms with Crippen LogP contribution >= 0.6 is 0 Å². The van der Waals surface area contributed by atoms with Crippen molar-refractivity contribution >= 4 is 0 Å². The molecule has 3 N–H and O–H groups in total. The lowest BCUT2D eigenvalue weighted by molar-refractivity contribution is 0.0602. The number of nitrogens with two attached hydrogens (primary N) is 1. The molecule has 0 fully saturated rings. The fourth-order valence-electron chi connectivity index (χ4n) is 1.26. The van der Waals surface area contributed by atoms with Crippen LogP contribution < -0.4 is 10.5 Å². The van der Waals surface area contributed by atoms with Crippen molar-refractivity contribution in [3.63, 3.8) is 0 Å². The van der Waals surface area contributed by atoms with E-state index in [2.05, 4.69) is 0 Å². The van der Waals surface area contributed by atoms with Crippen LogP contribution in [0.4, 0.5) is 4.39 Å². The number of hydrogen-bond donors (Lipinski definition) is 2. The van der Waals surface area contributed by atoms with Gasteiger partial charge in [0.15, 0.2) is 0 Å². The molecule has 90 valence electrons. The molecule has 0 bridgehead atoms. The molecule has 3 nitrogen and oxygen atoms in total. The van der Waals surface area contributed by atoms with Crippen LogP contribution in [0.2, 0.25) is 0 Å². The second-order valence-electron chi connectivity index (χ2n) is 4.04. The minimum atomic E-state index is -0.601. The topological polar surface area (TPSA) is 55.5 Å². The molecule has 16 heavy (non-hydrogen) atoms. The normalized spacial score (nSPS) is 16.6. The van der Waals surface area contributed by atoms with E-state index in [0.717, 1.165) is 0 Å². The van der Waals surface area contributed by atoms with Gasteiger partial charge in [-0.05, 0) is 26.8 Å². The summed E-state index contributed by atoms with van der Waals surface area (Å²) in [6.45, 7) is 5.07. The summed E-state index contributed by atoms with van der Waals surface area (Å²) in [6.07, 6.45) is -0.975. The van der Waals surface area contributed by atoms with E-state index in [-0.39, 0.29) is 18.0 Å². The van der Waals surface area contributed by atoms with E-state index in [4.69, 9.17) is 10.5 Å². The standard InChI is InChI=1S/C12H18FNO2/c1-7(14)11-5-4-10(6-12(11)13)16-9(3)8(2)15/h4-9,15H,14H2,1-3H3. The molecule has 0 amide bonds. The van der Waals surface area contributed by atoms with Crippen LogP contribution in [0, 0.1) is 5.82 Å². The first-order valence-corrected chi connectivity index (χ1v) is 5.31. The summed E-state index contributed by atoms with van der Waals surface area (Å²) in [4.78, 5) is 0. The molecule has 4 heteroatoms. The van der Waals surface area contributed by atoms with Crippen molar-refractivity contribution in [3.8, 4) is 5.75 Å². The number of rotatable bonds is 4. The van der Waals surface area contributed by atoms with Crippen molar-refractivity contribution in [1.82, 2.24) is 0 Å². The van der Waals surface area contributed by atoms with Crippen LogP contribution in [0.15, 0.2) is 18.2 Å². The molecule has 0 spiro atoms. The molecule has 1 aromatic carbocycles. The molecule has 0 aliphatic rings. The third kappa shape index (κ3) is 3.18. The van der Waals surface area contributed by atoms with Gasteiger partial charge in [0.25, 0.3) is 0 Å². The van der Waals surface area contributed by atoms with Gasteiger partial charge in [-0.3, -0.25) is 0 Å². The molecule has 3 unspecified atom stereocenters. The Morgan fingerprint density at radius 1 is 1.31 bits per heavy atom. The molecule has 0 heterocycles. The SMILES string of the molecule is CC(N)c1ccc(OC(C)C(C)O)cc1F. The summed E-state index contributed by atoms with van der Waals surface area (Å²) in [5.41, 5.74) is 6.05. The summed E-state index contributed by atoms with van der Waals surface area (Å²) >= 11 is 0. The van der Waals surface area contributed by atoms with Gasteiger partial charge in [0.2, 0.25) is 0 Å². The third-order valence-electron chi connectivity index (χ3n) is 2.46. The van der Waals surface area contributed by atoms with Gasteiger partial charge in [-0.1, -0.05) is 6.07 Å². The van der Waals surface area contributed by atoms with E-state index < -0.39 is 6.10 Å². The zero-order chi connectivity index (χ0) is 12.3. The number of ether oxygens (including phenoxy) is 1. The van der Waals surface area contributed by atoms with Gasteiger partial charge in [0.05, 0.1) is 6.10 Å². The third-order valence-corrected chi connectivity index (χ3v) is 2.46. The number of halogens is 1. The highest BCUT2D eigenvalue weighted by Crippen LogP contribution is 2.21. The average Bonchev–Trinajstić information content (AvgIpc) is 2.16. The maximum Gasteiger partial charge on any atom is 0.131 e. The van der Waals surface area contributed by atoms with E-state index >= 15 is 0 Å². The van der Waals surface area contributed by atoms with Gasteiger partial charge < -0.3 is 15.6 Å². The maximum absolute atomic E-state index is 13.5. The second kappa shape index (κ2) is 5.27. The predicted octanol–water partition coefficient (Wildman–Crippen LogP) is 1.99. The van der Waals surface area contributed by atoms with Crippen molar-refractivity contribution in [2.24, 2.45) is 5.73 Å². The molecule has 1 aromatic rings.